The van der Waals surface area contributed by atoms with E-state index >= 15 is 0 Å². The zero-order valence-electron chi connectivity index (χ0n) is 12.2. The Morgan fingerprint density at radius 1 is 1.20 bits per heavy atom. The molecule has 0 spiro atoms. The number of hydrogen-bond acceptors (Lipinski definition) is 4. The van der Waals surface area contributed by atoms with Gasteiger partial charge in [-0.2, -0.15) is 0 Å². The van der Waals surface area contributed by atoms with Gasteiger partial charge in [-0.05, 0) is 30.5 Å². The number of ether oxygens (including phenoxy) is 2. The Kier molecular flexibility index (Phi) is 4.55. The zero-order chi connectivity index (χ0) is 13.8. The van der Waals surface area contributed by atoms with Crippen molar-refractivity contribution < 1.29 is 9.47 Å². The topological polar surface area (TPSA) is 33.7 Å². The van der Waals surface area contributed by atoms with Crippen LogP contribution in [-0.4, -0.2) is 50.5 Å². The van der Waals surface area contributed by atoms with Crippen LogP contribution < -0.4 is 5.32 Å². The van der Waals surface area contributed by atoms with Gasteiger partial charge >= 0.3 is 0 Å². The van der Waals surface area contributed by atoms with E-state index in [9.17, 15) is 0 Å². The number of nitrogens with zero attached hydrogens (tertiary/aromatic N) is 1. The van der Waals surface area contributed by atoms with Crippen molar-refractivity contribution in [1.82, 2.24) is 4.90 Å². The number of morpholine rings is 1. The Bertz CT molecular complexity index is 409. The molecule has 4 nitrogen and oxygen atoms in total. The molecule has 1 heterocycles. The molecule has 1 aliphatic heterocycles. The van der Waals surface area contributed by atoms with Crippen molar-refractivity contribution >= 4 is 5.69 Å². The highest BCUT2D eigenvalue weighted by atomic mass is 16.5. The molecule has 4 heteroatoms. The molecule has 1 N–H and O–H groups in total. The lowest BCUT2D eigenvalue weighted by atomic mass is 9.89. The molecule has 1 aromatic rings. The lowest BCUT2D eigenvalue weighted by Crippen LogP contribution is -2.40. The molecule has 20 heavy (non-hydrogen) atoms. The quantitative estimate of drug-likeness (QED) is 0.893. The lowest BCUT2D eigenvalue weighted by Gasteiger charge is -2.35. The summed E-state index contributed by atoms with van der Waals surface area (Å²) < 4.78 is 10.7. The van der Waals surface area contributed by atoms with Gasteiger partial charge < -0.3 is 14.8 Å². The van der Waals surface area contributed by atoms with E-state index < -0.39 is 0 Å². The summed E-state index contributed by atoms with van der Waals surface area (Å²) in [6.45, 7) is 4.84. The molecule has 1 aliphatic carbocycles. The Balaban J connectivity index is 1.47. The fourth-order valence-electron chi connectivity index (χ4n) is 2.84. The Morgan fingerprint density at radius 2 is 1.90 bits per heavy atom. The van der Waals surface area contributed by atoms with Gasteiger partial charge in [-0.1, -0.05) is 12.1 Å². The highest BCUT2D eigenvalue weighted by molar-refractivity contribution is 5.46. The molecule has 2 fully saturated rings. The fraction of sp³-hybridized carbons (Fsp3) is 0.625. The van der Waals surface area contributed by atoms with E-state index in [-0.39, 0.29) is 0 Å². The van der Waals surface area contributed by atoms with Gasteiger partial charge in [0.25, 0.3) is 0 Å². The van der Waals surface area contributed by atoms with Crippen LogP contribution in [0.1, 0.15) is 18.4 Å². The standard InChI is InChI=1S/C16H24N2O2/c1-19-16-10-15(11-16)17-14-4-2-13(3-5-14)12-18-6-8-20-9-7-18/h2-5,15-17H,6-12H2,1H3. The van der Waals surface area contributed by atoms with Crippen LogP contribution in [0.4, 0.5) is 5.69 Å². The number of methoxy groups -OCH3 is 1. The maximum absolute atomic E-state index is 5.38. The van der Waals surface area contributed by atoms with Crippen LogP contribution in [0.2, 0.25) is 0 Å². The first-order chi connectivity index (χ1) is 9.83. The van der Waals surface area contributed by atoms with Crippen LogP contribution in [-0.2, 0) is 16.0 Å². The minimum absolute atomic E-state index is 0.452. The van der Waals surface area contributed by atoms with E-state index in [1.54, 1.807) is 7.11 Å². The van der Waals surface area contributed by atoms with Crippen molar-refractivity contribution in [3.8, 4) is 0 Å². The third-order valence-electron chi connectivity index (χ3n) is 4.26. The second-order valence-electron chi connectivity index (χ2n) is 5.76. The van der Waals surface area contributed by atoms with Crippen molar-refractivity contribution in [3.63, 3.8) is 0 Å². The summed E-state index contributed by atoms with van der Waals surface area (Å²) in [5.74, 6) is 0. The highest BCUT2D eigenvalue weighted by Crippen LogP contribution is 2.26. The van der Waals surface area contributed by atoms with Crippen LogP contribution in [0, 0.1) is 0 Å². The van der Waals surface area contributed by atoms with E-state index in [0.29, 0.717) is 12.1 Å². The second kappa shape index (κ2) is 6.57. The summed E-state index contributed by atoms with van der Waals surface area (Å²) in [6.07, 6.45) is 2.69. The SMILES string of the molecule is COC1CC(Nc2ccc(CN3CCOCC3)cc2)C1. The Hall–Kier alpha value is -1.10. The molecule has 0 amide bonds. The van der Waals surface area contributed by atoms with E-state index in [4.69, 9.17) is 9.47 Å². The summed E-state index contributed by atoms with van der Waals surface area (Å²) in [5.41, 5.74) is 2.59. The minimum atomic E-state index is 0.452. The summed E-state index contributed by atoms with van der Waals surface area (Å²) in [5, 5.41) is 3.56. The van der Waals surface area contributed by atoms with E-state index in [1.165, 1.54) is 11.3 Å². The van der Waals surface area contributed by atoms with Gasteiger partial charge in [-0.15, -0.1) is 0 Å². The number of rotatable bonds is 5. The van der Waals surface area contributed by atoms with Crippen LogP contribution in [0.5, 0.6) is 0 Å². The molecule has 2 aliphatic rings. The third kappa shape index (κ3) is 3.51. The summed E-state index contributed by atoms with van der Waals surface area (Å²) >= 11 is 0. The van der Waals surface area contributed by atoms with Gasteiger partial charge in [0.2, 0.25) is 0 Å². The number of benzene rings is 1. The Morgan fingerprint density at radius 3 is 2.55 bits per heavy atom. The first-order valence-corrected chi connectivity index (χ1v) is 7.52. The molecule has 0 radical (unpaired) electrons. The molecule has 3 rings (SSSR count). The molecule has 1 saturated heterocycles. The van der Waals surface area contributed by atoms with Gasteiger partial charge in [-0.25, -0.2) is 0 Å². The molecule has 0 aromatic heterocycles. The van der Waals surface area contributed by atoms with Crippen molar-refractivity contribution in [2.45, 2.75) is 31.5 Å². The van der Waals surface area contributed by atoms with Crippen molar-refractivity contribution in [1.29, 1.82) is 0 Å². The summed E-state index contributed by atoms with van der Waals surface area (Å²) in [6, 6.07) is 9.41. The third-order valence-corrected chi connectivity index (χ3v) is 4.26. The largest absolute Gasteiger partial charge is 0.382 e. The molecule has 0 unspecified atom stereocenters. The van der Waals surface area contributed by atoms with Crippen molar-refractivity contribution in [3.05, 3.63) is 29.8 Å². The van der Waals surface area contributed by atoms with Crippen LogP contribution >= 0.6 is 0 Å². The van der Waals surface area contributed by atoms with E-state index in [2.05, 4.69) is 34.5 Å². The summed E-state index contributed by atoms with van der Waals surface area (Å²) in [7, 11) is 1.79. The number of anilines is 1. The van der Waals surface area contributed by atoms with Crippen LogP contribution in [0.25, 0.3) is 0 Å². The average molecular weight is 276 g/mol. The smallest absolute Gasteiger partial charge is 0.0610 e. The van der Waals surface area contributed by atoms with Crippen molar-refractivity contribution in [2.24, 2.45) is 0 Å². The zero-order valence-corrected chi connectivity index (χ0v) is 12.2. The van der Waals surface area contributed by atoms with Gasteiger partial charge in [-0.3, -0.25) is 4.90 Å². The monoisotopic (exact) mass is 276 g/mol. The number of hydrogen-bond donors (Lipinski definition) is 1. The maximum atomic E-state index is 5.38. The lowest BCUT2D eigenvalue weighted by molar-refractivity contribution is 0.0328. The van der Waals surface area contributed by atoms with Crippen molar-refractivity contribution in [2.75, 3.05) is 38.7 Å². The molecular formula is C16H24N2O2. The first kappa shape index (κ1) is 13.9. The minimum Gasteiger partial charge on any atom is -0.382 e. The van der Waals surface area contributed by atoms with Gasteiger partial charge in [0.1, 0.15) is 0 Å². The van der Waals surface area contributed by atoms with Gasteiger partial charge in [0, 0.05) is 38.5 Å². The molecular weight excluding hydrogens is 252 g/mol. The molecule has 1 saturated carbocycles. The molecule has 1 aromatic carbocycles. The molecule has 0 atom stereocenters. The maximum Gasteiger partial charge on any atom is 0.0610 e. The predicted molar refractivity (Wildman–Crippen MR) is 80.0 cm³/mol. The van der Waals surface area contributed by atoms with E-state index in [0.717, 1.165) is 45.7 Å². The van der Waals surface area contributed by atoms with Gasteiger partial charge in [0.05, 0.1) is 19.3 Å². The first-order valence-electron chi connectivity index (χ1n) is 7.52. The Labute approximate surface area is 121 Å². The second-order valence-corrected chi connectivity index (χ2v) is 5.76. The molecule has 0 bridgehead atoms. The highest BCUT2D eigenvalue weighted by Gasteiger charge is 2.28. The normalized spacial score (nSPS) is 27.1. The van der Waals surface area contributed by atoms with Crippen LogP contribution in [0.3, 0.4) is 0 Å². The summed E-state index contributed by atoms with van der Waals surface area (Å²) in [4.78, 5) is 2.45. The average Bonchev–Trinajstić information content (AvgIpc) is 2.45. The van der Waals surface area contributed by atoms with Gasteiger partial charge in [0.15, 0.2) is 0 Å². The van der Waals surface area contributed by atoms with Crippen LogP contribution in [0.15, 0.2) is 24.3 Å². The number of nitrogens with one attached hydrogen (secondary N) is 1. The molecule has 110 valence electrons. The predicted octanol–water partition coefficient (Wildman–Crippen LogP) is 2.11. The van der Waals surface area contributed by atoms with E-state index in [1.807, 2.05) is 0 Å². The fourth-order valence-corrected chi connectivity index (χ4v) is 2.84.